The molecule has 0 unspecified atom stereocenters. The van der Waals surface area contributed by atoms with Gasteiger partial charge in [-0.1, -0.05) is 48.4 Å². The van der Waals surface area contributed by atoms with Crippen LogP contribution in [-0.4, -0.2) is 12.6 Å². The second-order valence-corrected chi connectivity index (χ2v) is 5.36. The molecule has 2 aromatic carbocycles. The number of hydrogen-bond acceptors (Lipinski definition) is 2. The normalized spacial score (nSPS) is 13.7. The first-order valence-corrected chi connectivity index (χ1v) is 7.31. The van der Waals surface area contributed by atoms with Crippen molar-refractivity contribution in [3.05, 3.63) is 65.2 Å². The fourth-order valence-corrected chi connectivity index (χ4v) is 2.87. The highest BCUT2D eigenvalue weighted by Crippen LogP contribution is 2.23. The zero-order valence-corrected chi connectivity index (χ0v) is 12.0. The summed E-state index contributed by atoms with van der Waals surface area (Å²) >= 11 is 0. The molecule has 1 aliphatic carbocycles. The fraction of sp³-hybridized carbons (Fsp3) is 0.263. The monoisotopic (exact) mass is 277 g/mol. The second-order valence-electron chi connectivity index (χ2n) is 5.36. The first-order chi connectivity index (χ1) is 10.4. The standard InChI is InChI=1S/C19H19NO/c1-2-11-21-19-10-6-5-9-17(19)14-20-18-12-15-7-3-4-8-16(15)13-18/h1,3-10,18,20H,11-14H2. The molecule has 2 aromatic rings. The molecule has 0 saturated carbocycles. The van der Waals surface area contributed by atoms with Gasteiger partial charge in [0.05, 0.1) is 0 Å². The van der Waals surface area contributed by atoms with Gasteiger partial charge in [0.2, 0.25) is 0 Å². The van der Waals surface area contributed by atoms with Crippen molar-refractivity contribution in [2.24, 2.45) is 0 Å². The summed E-state index contributed by atoms with van der Waals surface area (Å²) in [4.78, 5) is 0. The number of terminal acetylenes is 1. The van der Waals surface area contributed by atoms with Gasteiger partial charge in [0.1, 0.15) is 12.4 Å². The van der Waals surface area contributed by atoms with E-state index in [1.54, 1.807) is 0 Å². The molecule has 3 rings (SSSR count). The van der Waals surface area contributed by atoms with E-state index >= 15 is 0 Å². The number of hydrogen-bond donors (Lipinski definition) is 1. The number of nitrogens with one attached hydrogen (secondary N) is 1. The summed E-state index contributed by atoms with van der Waals surface area (Å²) in [6.45, 7) is 1.12. The number of para-hydroxylation sites is 1. The maximum Gasteiger partial charge on any atom is 0.148 e. The van der Waals surface area contributed by atoms with E-state index in [1.807, 2.05) is 18.2 Å². The van der Waals surface area contributed by atoms with E-state index in [0.29, 0.717) is 12.6 Å². The van der Waals surface area contributed by atoms with Crippen LogP contribution in [0.1, 0.15) is 16.7 Å². The fourth-order valence-electron chi connectivity index (χ4n) is 2.87. The molecule has 0 radical (unpaired) electrons. The van der Waals surface area contributed by atoms with Gasteiger partial charge in [-0.05, 0) is 30.0 Å². The Morgan fingerprint density at radius 1 is 1.05 bits per heavy atom. The third-order valence-corrected chi connectivity index (χ3v) is 3.92. The molecular weight excluding hydrogens is 258 g/mol. The molecule has 0 fully saturated rings. The number of benzene rings is 2. The molecule has 1 N–H and O–H groups in total. The predicted octanol–water partition coefficient (Wildman–Crippen LogP) is 2.96. The molecular formula is C19H19NO. The lowest BCUT2D eigenvalue weighted by molar-refractivity contribution is 0.363. The summed E-state index contributed by atoms with van der Waals surface area (Å²) < 4.78 is 5.59. The van der Waals surface area contributed by atoms with Crippen LogP contribution in [0.2, 0.25) is 0 Å². The van der Waals surface area contributed by atoms with Crippen LogP contribution in [0.5, 0.6) is 5.75 Å². The van der Waals surface area contributed by atoms with Crippen LogP contribution in [0.3, 0.4) is 0 Å². The van der Waals surface area contributed by atoms with Crippen molar-refractivity contribution in [1.29, 1.82) is 0 Å². The molecule has 0 aliphatic heterocycles. The number of ether oxygens (including phenoxy) is 1. The summed E-state index contributed by atoms with van der Waals surface area (Å²) in [7, 11) is 0. The maximum atomic E-state index is 5.59. The Bertz CT molecular complexity index is 632. The molecule has 0 saturated heterocycles. The van der Waals surface area contributed by atoms with Crippen molar-refractivity contribution in [2.75, 3.05) is 6.61 Å². The van der Waals surface area contributed by atoms with E-state index < -0.39 is 0 Å². The molecule has 0 bridgehead atoms. The van der Waals surface area contributed by atoms with Crippen molar-refractivity contribution < 1.29 is 4.74 Å². The highest BCUT2D eigenvalue weighted by Gasteiger charge is 2.20. The summed E-state index contributed by atoms with van der Waals surface area (Å²) in [5.41, 5.74) is 4.09. The smallest absolute Gasteiger partial charge is 0.148 e. The third kappa shape index (κ3) is 3.26. The highest BCUT2D eigenvalue weighted by molar-refractivity contribution is 5.35. The van der Waals surface area contributed by atoms with Crippen LogP contribution in [-0.2, 0) is 19.4 Å². The molecule has 0 atom stereocenters. The molecule has 2 heteroatoms. The lowest BCUT2D eigenvalue weighted by atomic mass is 10.1. The second kappa shape index (κ2) is 6.47. The quantitative estimate of drug-likeness (QED) is 0.848. The van der Waals surface area contributed by atoms with Gasteiger partial charge in [0, 0.05) is 18.2 Å². The summed E-state index contributed by atoms with van der Waals surface area (Å²) in [5, 5.41) is 3.63. The highest BCUT2D eigenvalue weighted by atomic mass is 16.5. The molecule has 0 amide bonds. The van der Waals surface area contributed by atoms with Gasteiger partial charge in [-0.3, -0.25) is 0 Å². The Balaban J connectivity index is 1.61. The van der Waals surface area contributed by atoms with Crippen LogP contribution in [0.4, 0.5) is 0 Å². The van der Waals surface area contributed by atoms with Gasteiger partial charge in [0.25, 0.3) is 0 Å². The van der Waals surface area contributed by atoms with Crippen LogP contribution < -0.4 is 10.1 Å². The Morgan fingerprint density at radius 3 is 2.43 bits per heavy atom. The molecule has 0 spiro atoms. The van der Waals surface area contributed by atoms with E-state index in [1.165, 1.54) is 11.1 Å². The maximum absolute atomic E-state index is 5.59. The predicted molar refractivity (Wildman–Crippen MR) is 85.2 cm³/mol. The number of fused-ring (bicyclic) bond motifs is 1. The Labute approximate surface area is 126 Å². The summed E-state index contributed by atoms with van der Waals surface area (Å²) in [5.74, 6) is 3.38. The van der Waals surface area contributed by atoms with Crippen LogP contribution in [0.25, 0.3) is 0 Å². The van der Waals surface area contributed by atoms with Crippen molar-refractivity contribution in [1.82, 2.24) is 5.32 Å². The van der Waals surface area contributed by atoms with Gasteiger partial charge in [-0.25, -0.2) is 0 Å². The van der Waals surface area contributed by atoms with Crippen molar-refractivity contribution in [3.63, 3.8) is 0 Å². The summed E-state index contributed by atoms with van der Waals surface area (Å²) in [6, 6.07) is 17.2. The van der Waals surface area contributed by atoms with Crippen LogP contribution in [0.15, 0.2) is 48.5 Å². The first-order valence-electron chi connectivity index (χ1n) is 7.31. The van der Waals surface area contributed by atoms with E-state index in [0.717, 1.165) is 30.7 Å². The molecule has 1 aliphatic rings. The van der Waals surface area contributed by atoms with Gasteiger partial charge < -0.3 is 10.1 Å². The van der Waals surface area contributed by atoms with Gasteiger partial charge >= 0.3 is 0 Å². The summed E-state index contributed by atoms with van der Waals surface area (Å²) in [6.07, 6.45) is 7.46. The SMILES string of the molecule is C#CCOc1ccccc1CNC1Cc2ccccc2C1. The lowest BCUT2D eigenvalue weighted by Crippen LogP contribution is -2.29. The van der Waals surface area contributed by atoms with Gasteiger partial charge in [0.15, 0.2) is 0 Å². The minimum Gasteiger partial charge on any atom is -0.481 e. The minimum absolute atomic E-state index is 0.311. The van der Waals surface area contributed by atoms with Crippen molar-refractivity contribution >= 4 is 0 Å². The van der Waals surface area contributed by atoms with Crippen molar-refractivity contribution in [2.45, 2.75) is 25.4 Å². The Hall–Kier alpha value is -2.24. The van der Waals surface area contributed by atoms with Crippen molar-refractivity contribution in [3.8, 4) is 18.1 Å². The van der Waals surface area contributed by atoms with Crippen LogP contribution in [0, 0.1) is 12.3 Å². The van der Waals surface area contributed by atoms with Gasteiger partial charge in [-0.15, -0.1) is 6.42 Å². The van der Waals surface area contributed by atoms with E-state index in [-0.39, 0.29) is 0 Å². The molecule has 106 valence electrons. The largest absolute Gasteiger partial charge is 0.481 e. The average Bonchev–Trinajstić information content (AvgIpc) is 2.94. The molecule has 0 aromatic heterocycles. The molecule has 2 nitrogen and oxygen atoms in total. The van der Waals surface area contributed by atoms with E-state index in [2.05, 4.69) is 41.6 Å². The lowest BCUT2D eigenvalue weighted by Gasteiger charge is -2.14. The zero-order valence-electron chi connectivity index (χ0n) is 12.0. The minimum atomic E-state index is 0.311. The Morgan fingerprint density at radius 2 is 1.71 bits per heavy atom. The topological polar surface area (TPSA) is 21.3 Å². The zero-order chi connectivity index (χ0) is 14.5. The molecule has 0 heterocycles. The molecule has 21 heavy (non-hydrogen) atoms. The van der Waals surface area contributed by atoms with Gasteiger partial charge in [-0.2, -0.15) is 0 Å². The average molecular weight is 277 g/mol. The Kier molecular flexibility index (Phi) is 4.23. The number of rotatable bonds is 5. The third-order valence-electron chi connectivity index (χ3n) is 3.92. The van der Waals surface area contributed by atoms with E-state index in [4.69, 9.17) is 11.2 Å². The van der Waals surface area contributed by atoms with E-state index in [9.17, 15) is 0 Å². The first kappa shape index (κ1) is 13.7. The van der Waals surface area contributed by atoms with Crippen LogP contribution >= 0.6 is 0 Å².